The number of anilines is 1. The van der Waals surface area contributed by atoms with Gasteiger partial charge in [-0.25, -0.2) is 4.98 Å². The fraction of sp³-hybridized carbons (Fsp3) is 0.111. The molecule has 3 aromatic rings. The summed E-state index contributed by atoms with van der Waals surface area (Å²) in [4.78, 5) is 20.3. The normalized spacial score (nSPS) is 12.0. The molecule has 4 nitrogen and oxygen atoms in total. The maximum absolute atomic E-state index is 12.7. The van der Waals surface area contributed by atoms with Gasteiger partial charge in [-0.05, 0) is 30.3 Å². The molecule has 23 heavy (non-hydrogen) atoms. The van der Waals surface area contributed by atoms with Gasteiger partial charge in [0.25, 0.3) is 5.91 Å². The summed E-state index contributed by atoms with van der Waals surface area (Å²) in [6.45, 7) is 0.503. The Kier molecular flexibility index (Phi) is 3.35. The van der Waals surface area contributed by atoms with Crippen LogP contribution in [0, 0.1) is 0 Å². The number of carbonyl (C=O) groups is 1. The third-order valence-electron chi connectivity index (χ3n) is 3.83. The van der Waals surface area contributed by atoms with Gasteiger partial charge in [0, 0.05) is 29.2 Å². The highest BCUT2D eigenvalue weighted by Gasteiger charge is 2.24. The third-order valence-corrected chi connectivity index (χ3v) is 5.03. The summed E-state index contributed by atoms with van der Waals surface area (Å²) in [6, 6.07) is 15.4. The van der Waals surface area contributed by atoms with Crippen molar-refractivity contribution in [3.63, 3.8) is 0 Å². The number of thiophene rings is 1. The fourth-order valence-electron chi connectivity index (χ4n) is 2.63. The zero-order chi connectivity index (χ0) is 15.8. The summed E-state index contributed by atoms with van der Waals surface area (Å²) in [6.07, 6.45) is 1.68. The molecule has 0 spiro atoms. The van der Waals surface area contributed by atoms with Crippen molar-refractivity contribution in [1.29, 1.82) is 0 Å². The first kappa shape index (κ1) is 14.0. The SMILES string of the molecule is CN(C(=O)c1cc2c(s1)-c1ccccc1OC2)c1ccccn1. The van der Waals surface area contributed by atoms with Gasteiger partial charge >= 0.3 is 0 Å². The molecule has 0 radical (unpaired) electrons. The Labute approximate surface area is 138 Å². The third kappa shape index (κ3) is 2.39. The average molecular weight is 322 g/mol. The van der Waals surface area contributed by atoms with Crippen LogP contribution in [-0.4, -0.2) is 17.9 Å². The molecule has 1 aliphatic rings. The van der Waals surface area contributed by atoms with Crippen molar-refractivity contribution < 1.29 is 9.53 Å². The Hall–Kier alpha value is -2.66. The molecule has 0 bridgehead atoms. The zero-order valence-corrected chi connectivity index (χ0v) is 13.3. The highest BCUT2D eigenvalue weighted by atomic mass is 32.1. The molecule has 0 saturated carbocycles. The lowest BCUT2D eigenvalue weighted by Gasteiger charge is -2.16. The van der Waals surface area contributed by atoms with E-state index >= 15 is 0 Å². The number of pyridine rings is 1. The van der Waals surface area contributed by atoms with Crippen molar-refractivity contribution in [1.82, 2.24) is 4.98 Å². The van der Waals surface area contributed by atoms with Crippen LogP contribution in [0.3, 0.4) is 0 Å². The Bertz CT molecular complexity index is 874. The minimum atomic E-state index is -0.0550. The van der Waals surface area contributed by atoms with E-state index in [1.165, 1.54) is 11.3 Å². The van der Waals surface area contributed by atoms with Crippen molar-refractivity contribution in [3.8, 4) is 16.2 Å². The molecule has 1 amide bonds. The van der Waals surface area contributed by atoms with Crippen LogP contribution >= 0.6 is 11.3 Å². The fourth-order valence-corrected chi connectivity index (χ4v) is 3.80. The second-order valence-electron chi connectivity index (χ2n) is 5.30. The van der Waals surface area contributed by atoms with Crippen LogP contribution in [0.5, 0.6) is 5.75 Å². The number of hydrogen-bond acceptors (Lipinski definition) is 4. The van der Waals surface area contributed by atoms with Crippen molar-refractivity contribution >= 4 is 23.1 Å². The molecule has 5 heteroatoms. The van der Waals surface area contributed by atoms with E-state index in [1.807, 2.05) is 48.5 Å². The highest BCUT2D eigenvalue weighted by molar-refractivity contribution is 7.17. The minimum absolute atomic E-state index is 0.0550. The molecule has 2 aromatic heterocycles. The van der Waals surface area contributed by atoms with Gasteiger partial charge in [0.1, 0.15) is 18.2 Å². The van der Waals surface area contributed by atoms with E-state index in [2.05, 4.69) is 4.98 Å². The van der Waals surface area contributed by atoms with Crippen molar-refractivity contribution in [2.45, 2.75) is 6.61 Å². The Morgan fingerprint density at radius 2 is 2.04 bits per heavy atom. The lowest BCUT2D eigenvalue weighted by molar-refractivity contribution is 0.0996. The van der Waals surface area contributed by atoms with Crippen LogP contribution in [-0.2, 0) is 6.61 Å². The molecule has 0 N–H and O–H groups in total. The number of carbonyl (C=O) groups excluding carboxylic acids is 1. The minimum Gasteiger partial charge on any atom is -0.488 e. The standard InChI is InChI=1S/C18H14N2O2S/c1-20(16-8-4-5-9-19-16)18(21)15-10-12-11-22-14-7-3-2-6-13(14)17(12)23-15/h2-10H,11H2,1H3. The Balaban J connectivity index is 1.70. The number of nitrogens with zero attached hydrogens (tertiary/aromatic N) is 2. The van der Waals surface area contributed by atoms with E-state index < -0.39 is 0 Å². The van der Waals surface area contributed by atoms with Crippen LogP contribution in [0.15, 0.2) is 54.7 Å². The van der Waals surface area contributed by atoms with Gasteiger partial charge < -0.3 is 4.74 Å². The van der Waals surface area contributed by atoms with Gasteiger partial charge in [-0.15, -0.1) is 11.3 Å². The molecule has 0 atom stereocenters. The second kappa shape index (κ2) is 5.52. The molecule has 3 heterocycles. The van der Waals surface area contributed by atoms with E-state index in [0.29, 0.717) is 17.3 Å². The maximum atomic E-state index is 12.7. The summed E-state index contributed by atoms with van der Waals surface area (Å²) >= 11 is 1.51. The van der Waals surface area contributed by atoms with E-state index in [-0.39, 0.29) is 5.91 Å². The quantitative estimate of drug-likeness (QED) is 0.717. The number of aromatic nitrogens is 1. The van der Waals surface area contributed by atoms with Crippen molar-refractivity contribution in [2.24, 2.45) is 0 Å². The maximum Gasteiger partial charge on any atom is 0.269 e. The number of fused-ring (bicyclic) bond motifs is 3. The molecule has 0 aliphatic carbocycles. The Morgan fingerprint density at radius 1 is 1.22 bits per heavy atom. The molecular formula is C18H14N2O2S. The van der Waals surface area contributed by atoms with Gasteiger partial charge in [-0.1, -0.05) is 18.2 Å². The zero-order valence-electron chi connectivity index (χ0n) is 12.5. The second-order valence-corrected chi connectivity index (χ2v) is 6.35. The monoisotopic (exact) mass is 322 g/mol. The van der Waals surface area contributed by atoms with E-state index in [4.69, 9.17) is 4.74 Å². The number of ether oxygens (including phenoxy) is 1. The molecule has 4 rings (SSSR count). The summed E-state index contributed by atoms with van der Waals surface area (Å²) in [5, 5.41) is 0. The predicted molar refractivity (Wildman–Crippen MR) is 91.1 cm³/mol. The van der Waals surface area contributed by atoms with Gasteiger partial charge in [-0.3, -0.25) is 9.69 Å². The molecule has 1 aromatic carbocycles. The summed E-state index contributed by atoms with van der Waals surface area (Å²) < 4.78 is 5.76. The van der Waals surface area contributed by atoms with Crippen LogP contribution in [0.4, 0.5) is 5.82 Å². The summed E-state index contributed by atoms with van der Waals surface area (Å²) in [5.41, 5.74) is 2.12. The molecule has 0 unspecified atom stereocenters. The molecule has 0 saturated heterocycles. The van der Waals surface area contributed by atoms with E-state index in [0.717, 1.165) is 21.8 Å². The number of hydrogen-bond donors (Lipinski definition) is 0. The highest BCUT2D eigenvalue weighted by Crippen LogP contribution is 2.42. The predicted octanol–water partition coefficient (Wildman–Crippen LogP) is 3.98. The number of amides is 1. The number of benzene rings is 1. The number of para-hydroxylation sites is 1. The lowest BCUT2D eigenvalue weighted by Crippen LogP contribution is -2.26. The van der Waals surface area contributed by atoms with E-state index in [9.17, 15) is 4.79 Å². The van der Waals surface area contributed by atoms with E-state index in [1.54, 1.807) is 18.1 Å². The topological polar surface area (TPSA) is 42.4 Å². The molecular weight excluding hydrogens is 308 g/mol. The van der Waals surface area contributed by atoms with Gasteiger partial charge in [-0.2, -0.15) is 0 Å². The first-order valence-electron chi connectivity index (χ1n) is 7.28. The summed E-state index contributed by atoms with van der Waals surface area (Å²) in [5.74, 6) is 1.46. The van der Waals surface area contributed by atoms with Gasteiger partial charge in [0.15, 0.2) is 0 Å². The Morgan fingerprint density at radius 3 is 2.87 bits per heavy atom. The van der Waals surface area contributed by atoms with Gasteiger partial charge in [0.05, 0.1) is 4.88 Å². The average Bonchev–Trinajstić information content (AvgIpc) is 3.06. The largest absolute Gasteiger partial charge is 0.488 e. The molecule has 114 valence electrons. The first-order chi connectivity index (χ1) is 11.2. The van der Waals surface area contributed by atoms with Crippen molar-refractivity contribution in [3.05, 3.63) is 65.2 Å². The molecule has 1 aliphatic heterocycles. The van der Waals surface area contributed by atoms with Crippen LogP contribution in [0.25, 0.3) is 10.4 Å². The van der Waals surface area contributed by atoms with Gasteiger partial charge in [0.2, 0.25) is 0 Å². The van der Waals surface area contributed by atoms with Crippen molar-refractivity contribution in [2.75, 3.05) is 11.9 Å². The van der Waals surface area contributed by atoms with Crippen LogP contribution in [0.2, 0.25) is 0 Å². The molecule has 0 fully saturated rings. The van der Waals surface area contributed by atoms with Crippen LogP contribution < -0.4 is 9.64 Å². The smallest absolute Gasteiger partial charge is 0.269 e. The number of rotatable bonds is 2. The first-order valence-corrected chi connectivity index (χ1v) is 8.09. The summed E-state index contributed by atoms with van der Waals surface area (Å²) in [7, 11) is 1.74. The lowest BCUT2D eigenvalue weighted by atomic mass is 10.1. The van der Waals surface area contributed by atoms with Crippen LogP contribution in [0.1, 0.15) is 15.2 Å².